The molecule has 4 rings (SSSR count). The number of nitriles is 1. The zero-order chi connectivity index (χ0) is 20.4. The lowest BCUT2D eigenvalue weighted by molar-refractivity contribution is 0.316. The van der Waals surface area contributed by atoms with Gasteiger partial charge >= 0.3 is 0 Å². The lowest BCUT2D eigenvalue weighted by Crippen LogP contribution is -2.37. The number of sulfonamides is 1. The van der Waals surface area contributed by atoms with Crippen LogP contribution in [0.15, 0.2) is 59.5 Å². The topological polar surface area (TPSA) is 89.9 Å². The van der Waals surface area contributed by atoms with Gasteiger partial charge in [-0.05, 0) is 56.2 Å². The average Bonchev–Trinajstić information content (AvgIpc) is 3.24. The predicted octanol–water partition coefficient (Wildman–Crippen LogP) is 3.83. The van der Waals surface area contributed by atoms with Crippen molar-refractivity contribution in [2.24, 2.45) is 0 Å². The van der Waals surface area contributed by atoms with E-state index >= 15 is 0 Å². The van der Waals surface area contributed by atoms with Crippen molar-refractivity contribution in [3.8, 4) is 17.3 Å². The van der Waals surface area contributed by atoms with Gasteiger partial charge in [0, 0.05) is 30.3 Å². The van der Waals surface area contributed by atoms with Crippen molar-refractivity contribution in [2.75, 3.05) is 13.1 Å². The van der Waals surface area contributed by atoms with Crippen LogP contribution in [0.5, 0.6) is 0 Å². The minimum Gasteiger partial charge on any atom is -0.282 e. The van der Waals surface area contributed by atoms with E-state index in [2.05, 4.69) is 35.3 Å². The largest absolute Gasteiger partial charge is 0.282 e. The molecule has 1 aromatic heterocycles. The van der Waals surface area contributed by atoms with Gasteiger partial charge in [-0.1, -0.05) is 23.8 Å². The summed E-state index contributed by atoms with van der Waals surface area (Å²) in [5.41, 5.74) is 4.68. The van der Waals surface area contributed by atoms with Crippen molar-refractivity contribution in [1.29, 1.82) is 5.26 Å². The Kier molecular flexibility index (Phi) is 5.22. The van der Waals surface area contributed by atoms with Gasteiger partial charge in [0.1, 0.15) is 0 Å². The fourth-order valence-corrected chi connectivity index (χ4v) is 5.23. The van der Waals surface area contributed by atoms with Gasteiger partial charge in [0.05, 0.1) is 22.2 Å². The number of H-pyrrole nitrogens is 1. The summed E-state index contributed by atoms with van der Waals surface area (Å²) in [4.78, 5) is 0.234. The zero-order valence-corrected chi connectivity index (χ0v) is 17.0. The Balaban J connectivity index is 1.45. The first-order chi connectivity index (χ1) is 14.0. The summed E-state index contributed by atoms with van der Waals surface area (Å²) in [6, 6.07) is 18.4. The highest BCUT2D eigenvalue weighted by molar-refractivity contribution is 7.89. The first-order valence-electron chi connectivity index (χ1n) is 9.60. The molecule has 0 unspecified atom stereocenters. The number of nitrogens with zero attached hydrogens (tertiary/aromatic N) is 3. The van der Waals surface area contributed by atoms with Gasteiger partial charge < -0.3 is 0 Å². The van der Waals surface area contributed by atoms with Crippen molar-refractivity contribution in [2.45, 2.75) is 30.6 Å². The second kappa shape index (κ2) is 7.82. The van der Waals surface area contributed by atoms with E-state index in [-0.39, 0.29) is 10.8 Å². The molecule has 0 radical (unpaired) electrons. The van der Waals surface area contributed by atoms with Gasteiger partial charge in [-0.3, -0.25) is 5.10 Å². The Hall–Kier alpha value is -2.95. The second-order valence-electron chi connectivity index (χ2n) is 7.39. The number of benzene rings is 2. The first-order valence-corrected chi connectivity index (χ1v) is 11.0. The number of nitrogens with one attached hydrogen (secondary N) is 1. The number of rotatable bonds is 4. The summed E-state index contributed by atoms with van der Waals surface area (Å²) in [6.07, 6.45) is 1.48. The maximum Gasteiger partial charge on any atom is 0.243 e. The van der Waals surface area contributed by atoms with E-state index < -0.39 is 10.0 Å². The molecule has 6 nitrogen and oxygen atoms in total. The number of piperidine rings is 1. The highest BCUT2D eigenvalue weighted by atomic mass is 32.2. The molecule has 0 atom stereocenters. The van der Waals surface area contributed by atoms with Crippen LogP contribution in [0.25, 0.3) is 11.3 Å². The third kappa shape index (κ3) is 3.95. The standard InChI is InChI=1S/C22H22N4O2S/c1-16-3-2-4-19(13-16)22-14-21(24-25-22)18-9-11-26(12-10-18)29(27,28)20-7-5-17(15-23)6-8-20/h2-8,13-14,18H,9-12H2,1H3,(H,24,25). The molecule has 1 fully saturated rings. The Bertz CT molecular complexity index is 1150. The molecular weight excluding hydrogens is 384 g/mol. The smallest absolute Gasteiger partial charge is 0.243 e. The molecule has 3 aromatic rings. The maximum atomic E-state index is 12.9. The summed E-state index contributed by atoms with van der Waals surface area (Å²) in [7, 11) is -3.54. The van der Waals surface area contributed by atoms with Crippen molar-refractivity contribution >= 4 is 10.0 Å². The molecule has 0 saturated carbocycles. The van der Waals surface area contributed by atoms with Crippen LogP contribution in [0.4, 0.5) is 0 Å². The third-order valence-corrected chi connectivity index (χ3v) is 7.34. The van der Waals surface area contributed by atoms with Gasteiger partial charge in [-0.2, -0.15) is 14.7 Å². The lowest BCUT2D eigenvalue weighted by Gasteiger charge is -2.30. The fourth-order valence-electron chi connectivity index (χ4n) is 3.76. The van der Waals surface area contributed by atoms with Gasteiger partial charge in [0.2, 0.25) is 10.0 Å². The van der Waals surface area contributed by atoms with Gasteiger partial charge in [0.25, 0.3) is 0 Å². The lowest BCUT2D eigenvalue weighted by atomic mass is 9.94. The van der Waals surface area contributed by atoms with Crippen LogP contribution in [-0.2, 0) is 10.0 Å². The molecule has 1 saturated heterocycles. The monoisotopic (exact) mass is 406 g/mol. The Labute approximate surface area is 170 Å². The minimum absolute atomic E-state index is 0.234. The summed E-state index contributed by atoms with van der Waals surface area (Å²) in [5, 5.41) is 16.5. The molecule has 2 heterocycles. The zero-order valence-electron chi connectivity index (χ0n) is 16.2. The Morgan fingerprint density at radius 2 is 1.83 bits per heavy atom. The highest BCUT2D eigenvalue weighted by Gasteiger charge is 2.30. The van der Waals surface area contributed by atoms with Crippen molar-refractivity contribution in [3.63, 3.8) is 0 Å². The third-order valence-electron chi connectivity index (χ3n) is 5.43. The van der Waals surface area contributed by atoms with Gasteiger partial charge in [-0.15, -0.1) is 0 Å². The molecule has 0 bridgehead atoms. The molecule has 29 heavy (non-hydrogen) atoms. The number of aromatic nitrogens is 2. The van der Waals surface area contributed by atoms with Crippen molar-refractivity contribution in [3.05, 3.63) is 71.4 Å². The van der Waals surface area contributed by atoms with Crippen molar-refractivity contribution < 1.29 is 8.42 Å². The number of aromatic amines is 1. The molecular formula is C22H22N4O2S. The van der Waals surface area contributed by atoms with Crippen molar-refractivity contribution in [1.82, 2.24) is 14.5 Å². The number of hydrogen-bond donors (Lipinski definition) is 1. The SMILES string of the molecule is Cc1cccc(-c2cc(C3CCN(S(=O)(=O)c4ccc(C#N)cc4)CC3)[nH]n2)c1. The second-order valence-corrected chi connectivity index (χ2v) is 9.33. The summed E-state index contributed by atoms with van der Waals surface area (Å²) >= 11 is 0. The van der Waals surface area contributed by atoms with Crippen LogP contribution in [-0.4, -0.2) is 36.0 Å². The summed E-state index contributed by atoms with van der Waals surface area (Å²) in [6.45, 7) is 2.98. The average molecular weight is 407 g/mol. The van der Waals surface area contributed by atoms with E-state index in [0.717, 1.165) is 29.8 Å². The van der Waals surface area contributed by atoms with Crippen LogP contribution in [0.3, 0.4) is 0 Å². The molecule has 1 aliphatic rings. The quantitative estimate of drug-likeness (QED) is 0.713. The van der Waals surface area contributed by atoms with Crippen LogP contribution < -0.4 is 0 Å². The molecule has 0 aliphatic carbocycles. The van der Waals surface area contributed by atoms with Crippen LogP contribution in [0, 0.1) is 18.3 Å². The minimum atomic E-state index is -3.54. The van der Waals surface area contributed by atoms with Gasteiger partial charge in [-0.25, -0.2) is 8.42 Å². The number of aryl methyl sites for hydroxylation is 1. The van der Waals surface area contributed by atoms with E-state index in [4.69, 9.17) is 5.26 Å². The molecule has 0 spiro atoms. The molecule has 1 N–H and O–H groups in total. The fraction of sp³-hybridized carbons (Fsp3) is 0.273. The highest BCUT2D eigenvalue weighted by Crippen LogP contribution is 2.31. The van der Waals surface area contributed by atoms with E-state index in [1.54, 1.807) is 0 Å². The molecule has 7 heteroatoms. The van der Waals surface area contributed by atoms with Crippen LogP contribution >= 0.6 is 0 Å². The first kappa shape index (κ1) is 19.4. The van der Waals surface area contributed by atoms with Crippen LogP contribution in [0.2, 0.25) is 0 Å². The molecule has 148 valence electrons. The summed E-state index contributed by atoms with van der Waals surface area (Å²) < 4.78 is 27.3. The molecule has 1 aliphatic heterocycles. The molecule has 2 aromatic carbocycles. The van der Waals surface area contributed by atoms with E-state index in [0.29, 0.717) is 18.7 Å². The van der Waals surface area contributed by atoms with Gasteiger partial charge in [0.15, 0.2) is 0 Å². The normalized spacial score (nSPS) is 15.9. The molecule has 0 amide bonds. The van der Waals surface area contributed by atoms with E-state index in [1.165, 1.54) is 34.1 Å². The number of hydrogen-bond acceptors (Lipinski definition) is 4. The van der Waals surface area contributed by atoms with Crippen LogP contribution in [0.1, 0.15) is 35.6 Å². The Morgan fingerprint density at radius 1 is 1.10 bits per heavy atom. The predicted molar refractivity (Wildman–Crippen MR) is 111 cm³/mol. The summed E-state index contributed by atoms with van der Waals surface area (Å²) in [5.74, 6) is 0.258. The van der Waals surface area contributed by atoms with E-state index in [9.17, 15) is 8.42 Å². The maximum absolute atomic E-state index is 12.9. The van der Waals surface area contributed by atoms with E-state index in [1.807, 2.05) is 18.2 Å². The Morgan fingerprint density at radius 3 is 2.48 bits per heavy atom.